The van der Waals surface area contributed by atoms with Crippen LogP contribution < -0.4 is 5.32 Å². The van der Waals surface area contributed by atoms with Crippen LogP contribution in [0.25, 0.3) is 6.08 Å². The number of nitrogens with one attached hydrogen (secondary N) is 1. The highest BCUT2D eigenvalue weighted by Crippen LogP contribution is 2.39. The van der Waals surface area contributed by atoms with Crippen LogP contribution in [0.5, 0.6) is 0 Å². The Morgan fingerprint density at radius 3 is 2.23 bits per heavy atom. The van der Waals surface area contributed by atoms with Crippen molar-refractivity contribution in [1.29, 1.82) is 0 Å². The van der Waals surface area contributed by atoms with Gasteiger partial charge in [0.05, 0.1) is 27.3 Å². The van der Waals surface area contributed by atoms with Crippen molar-refractivity contribution < 1.29 is 35.5 Å². The van der Waals surface area contributed by atoms with Crippen molar-refractivity contribution in [2.24, 2.45) is 0 Å². The fourth-order valence-corrected chi connectivity index (χ4v) is 4.75. The lowest BCUT2D eigenvalue weighted by Crippen LogP contribution is -2.34. The van der Waals surface area contributed by atoms with Gasteiger partial charge in [0.15, 0.2) is 5.82 Å². The minimum Gasteiger partial charge on any atom is -0.349 e. The lowest BCUT2D eigenvalue weighted by molar-refractivity contribution is -0.139. The minimum atomic E-state index is -4.72. The molecule has 1 N–H and O–H groups in total. The van der Waals surface area contributed by atoms with Gasteiger partial charge in [-0.1, -0.05) is 41.4 Å². The van der Waals surface area contributed by atoms with Gasteiger partial charge in [-0.2, -0.15) is 38.1 Å². The first kappa shape index (κ1) is 29.8. The quantitative estimate of drug-likeness (QED) is 0.235. The Hall–Kier alpha value is -1.43. The zero-order valence-corrected chi connectivity index (χ0v) is 21.6. The molecule has 13 heteroatoms. The molecule has 2 rings (SSSR count). The van der Waals surface area contributed by atoms with Gasteiger partial charge in [0.2, 0.25) is 0 Å². The number of thioether (sulfide) groups is 1. The van der Waals surface area contributed by atoms with Crippen LogP contribution in [0.15, 0.2) is 40.9 Å². The summed E-state index contributed by atoms with van der Waals surface area (Å²) in [4.78, 5) is 12.4. The molecule has 0 spiro atoms. The summed E-state index contributed by atoms with van der Waals surface area (Å²) in [5.41, 5.74) is 0.118. The van der Waals surface area contributed by atoms with Crippen molar-refractivity contribution in [3.8, 4) is 0 Å². The van der Waals surface area contributed by atoms with Gasteiger partial charge < -0.3 is 5.32 Å². The molecule has 0 aliphatic carbocycles. The highest BCUT2D eigenvalue weighted by Gasteiger charge is 2.39. The predicted octanol–water partition coefficient (Wildman–Crippen LogP) is 8.67. The van der Waals surface area contributed by atoms with E-state index in [4.69, 9.17) is 23.2 Å². The number of hydrogen-bond donors (Lipinski definition) is 1. The fraction of sp³-hybridized carbons (Fsp3) is 0.318. The summed E-state index contributed by atoms with van der Waals surface area (Å²) in [6, 6.07) is 5.32. The summed E-state index contributed by atoms with van der Waals surface area (Å²) in [5.74, 6) is -4.70. The molecule has 0 aliphatic rings. The summed E-state index contributed by atoms with van der Waals surface area (Å²) >= 11 is 15.1. The van der Waals surface area contributed by atoms with Gasteiger partial charge in [-0.3, -0.25) is 4.79 Å². The monoisotopic (exact) mass is 625 g/mol. The molecule has 0 saturated heterocycles. The van der Waals surface area contributed by atoms with Gasteiger partial charge in [0.25, 0.3) is 5.91 Å². The second-order valence-electron chi connectivity index (χ2n) is 7.42. The Kier molecular flexibility index (Phi) is 10.4. The number of carbonyl (C=O) groups excluding carboxylic acids is 1. The molecule has 1 amide bonds. The second kappa shape index (κ2) is 12.2. The molecule has 2 aromatic rings. The van der Waals surface area contributed by atoms with E-state index >= 15 is 0 Å². The summed E-state index contributed by atoms with van der Waals surface area (Å²) in [6.07, 6.45) is -7.01. The topological polar surface area (TPSA) is 29.1 Å². The van der Waals surface area contributed by atoms with Crippen molar-refractivity contribution in [2.75, 3.05) is 11.5 Å². The average Bonchev–Trinajstić information content (AvgIpc) is 2.70. The smallest absolute Gasteiger partial charge is 0.349 e. The number of carbonyl (C=O) groups is 1. The number of rotatable bonds is 8. The summed E-state index contributed by atoms with van der Waals surface area (Å²) < 4.78 is 91.5. The number of benzene rings is 2. The van der Waals surface area contributed by atoms with Gasteiger partial charge in [0, 0.05) is 16.3 Å². The largest absolute Gasteiger partial charge is 0.399 e. The van der Waals surface area contributed by atoms with E-state index in [-0.39, 0.29) is 21.4 Å². The Bertz CT molecular complexity index is 1070. The third kappa shape index (κ3) is 9.18. The van der Waals surface area contributed by atoms with Crippen molar-refractivity contribution in [3.63, 3.8) is 0 Å². The molecule has 0 saturated carbocycles. The standard InChI is InChI=1S/C22H17BrCl2F7NOS/c1-11(9-35-10-21(27,28)29)33-20(34)14-4-2-12(6-16(14)23)3-5-15(22(30,31)32)13-7-17(24)19(26)18(25)8-13/h2-8,11,15H,9-10H2,1H3,(H,33,34)/b5-3+. The molecular formula is C22H17BrCl2F7NOS. The average molecular weight is 627 g/mol. The number of hydrogen-bond acceptors (Lipinski definition) is 2. The SMILES string of the molecule is CC(CSCC(F)(F)F)NC(=O)c1ccc(/C=C/C(c2cc(Cl)c(F)c(Cl)c2)C(F)(F)F)cc1Br. The van der Waals surface area contributed by atoms with Crippen LogP contribution in [0.1, 0.15) is 34.3 Å². The number of allylic oxidation sites excluding steroid dienone is 1. The van der Waals surface area contributed by atoms with Crippen LogP contribution in [0.3, 0.4) is 0 Å². The van der Waals surface area contributed by atoms with Crippen LogP contribution in [0, 0.1) is 5.82 Å². The van der Waals surface area contributed by atoms with Gasteiger partial charge in [-0.15, -0.1) is 0 Å². The van der Waals surface area contributed by atoms with Crippen molar-refractivity contribution in [1.82, 2.24) is 5.32 Å². The molecule has 2 atom stereocenters. The van der Waals surface area contributed by atoms with Crippen molar-refractivity contribution in [3.05, 3.63) is 73.4 Å². The van der Waals surface area contributed by atoms with Gasteiger partial charge in [-0.05, 0) is 58.2 Å². The summed E-state index contributed by atoms with van der Waals surface area (Å²) in [7, 11) is 0. The fourth-order valence-electron chi connectivity index (χ4n) is 2.89. The zero-order valence-electron chi connectivity index (χ0n) is 17.7. The molecule has 0 heterocycles. The Balaban J connectivity index is 2.16. The first-order chi connectivity index (χ1) is 16.1. The van der Waals surface area contributed by atoms with Gasteiger partial charge >= 0.3 is 12.4 Å². The molecule has 192 valence electrons. The molecule has 0 bridgehead atoms. The molecule has 2 aromatic carbocycles. The molecule has 0 radical (unpaired) electrons. The summed E-state index contributed by atoms with van der Waals surface area (Å²) in [5, 5.41) is 1.49. The molecule has 2 nitrogen and oxygen atoms in total. The Labute approximate surface area is 219 Å². The molecule has 0 aliphatic heterocycles. The van der Waals surface area contributed by atoms with Crippen LogP contribution in [-0.2, 0) is 0 Å². The number of amides is 1. The lowest BCUT2D eigenvalue weighted by atomic mass is 9.96. The zero-order chi connectivity index (χ0) is 26.6. The summed E-state index contributed by atoms with van der Waals surface area (Å²) in [6.45, 7) is 1.55. The van der Waals surface area contributed by atoms with E-state index < -0.39 is 51.8 Å². The molecule has 0 aromatic heterocycles. The first-order valence-electron chi connectivity index (χ1n) is 9.72. The van der Waals surface area contributed by atoms with Crippen LogP contribution in [-0.4, -0.2) is 35.8 Å². The highest BCUT2D eigenvalue weighted by molar-refractivity contribution is 9.10. The maximum atomic E-state index is 13.6. The van der Waals surface area contributed by atoms with Gasteiger partial charge in [-0.25, -0.2) is 4.39 Å². The lowest BCUT2D eigenvalue weighted by Gasteiger charge is -2.18. The Morgan fingerprint density at radius 2 is 1.71 bits per heavy atom. The molecule has 35 heavy (non-hydrogen) atoms. The van der Waals surface area contributed by atoms with E-state index in [2.05, 4.69) is 21.2 Å². The van der Waals surface area contributed by atoms with E-state index in [0.717, 1.165) is 18.2 Å². The van der Waals surface area contributed by atoms with E-state index in [1.54, 1.807) is 6.92 Å². The minimum absolute atomic E-state index is 0.0416. The molecular weight excluding hydrogens is 610 g/mol. The normalized spacial score (nSPS) is 14.3. The van der Waals surface area contributed by atoms with Crippen LogP contribution in [0.2, 0.25) is 10.0 Å². The van der Waals surface area contributed by atoms with E-state index in [1.807, 2.05) is 0 Å². The maximum Gasteiger partial charge on any atom is 0.399 e. The second-order valence-corrected chi connectivity index (χ2v) is 10.1. The molecule has 0 fully saturated rings. The third-order valence-electron chi connectivity index (χ3n) is 4.45. The van der Waals surface area contributed by atoms with E-state index in [1.165, 1.54) is 24.3 Å². The van der Waals surface area contributed by atoms with E-state index in [0.29, 0.717) is 17.3 Å². The number of alkyl halides is 6. The van der Waals surface area contributed by atoms with Crippen LogP contribution in [0.4, 0.5) is 30.7 Å². The molecule has 2 unspecified atom stereocenters. The van der Waals surface area contributed by atoms with Crippen molar-refractivity contribution >= 4 is 62.9 Å². The Morgan fingerprint density at radius 1 is 1.11 bits per heavy atom. The van der Waals surface area contributed by atoms with Crippen molar-refractivity contribution in [2.45, 2.75) is 31.2 Å². The van der Waals surface area contributed by atoms with Gasteiger partial charge in [0.1, 0.15) is 0 Å². The highest BCUT2D eigenvalue weighted by atomic mass is 79.9. The number of halogens is 10. The van der Waals surface area contributed by atoms with E-state index in [9.17, 15) is 35.5 Å². The predicted molar refractivity (Wildman–Crippen MR) is 129 cm³/mol. The third-order valence-corrected chi connectivity index (χ3v) is 6.92. The first-order valence-corrected chi connectivity index (χ1v) is 12.4. The maximum absolute atomic E-state index is 13.6. The van der Waals surface area contributed by atoms with Crippen LogP contribution >= 0.6 is 50.9 Å².